The molecule has 0 radical (unpaired) electrons. The Morgan fingerprint density at radius 1 is 0.938 bits per heavy atom. The van der Waals surface area contributed by atoms with Gasteiger partial charge in [0, 0.05) is 16.7 Å². The van der Waals surface area contributed by atoms with Gasteiger partial charge in [0.15, 0.2) is 0 Å². The Morgan fingerprint density at radius 3 is 2.25 bits per heavy atom. The second kappa shape index (κ2) is 9.01. The maximum absolute atomic E-state index is 11.8. The van der Waals surface area contributed by atoms with Gasteiger partial charge in [-0.3, -0.25) is 4.68 Å². The number of hydrogen-bond acceptors (Lipinski definition) is 6. The van der Waals surface area contributed by atoms with Gasteiger partial charge < -0.3 is 18.6 Å². The van der Waals surface area contributed by atoms with E-state index in [4.69, 9.17) is 23.7 Å². The molecule has 7 nitrogen and oxygen atoms in total. The van der Waals surface area contributed by atoms with Crippen LogP contribution >= 0.6 is 0 Å². The maximum Gasteiger partial charge on any atom is 0.373 e. The highest BCUT2D eigenvalue weighted by Gasteiger charge is 2.20. The molecule has 0 aliphatic carbocycles. The summed E-state index contributed by atoms with van der Waals surface area (Å²) in [5.74, 6) is 1.74. The van der Waals surface area contributed by atoms with Crippen molar-refractivity contribution in [2.75, 3.05) is 21.3 Å². The van der Waals surface area contributed by atoms with E-state index in [2.05, 4.69) is 0 Å². The highest BCUT2D eigenvalue weighted by molar-refractivity contribution is 5.86. The number of carbonyl (C=O) groups is 1. The van der Waals surface area contributed by atoms with E-state index >= 15 is 0 Å². The number of rotatable bonds is 7. The van der Waals surface area contributed by atoms with E-state index in [9.17, 15) is 4.79 Å². The largest absolute Gasteiger partial charge is 0.497 e. The van der Waals surface area contributed by atoms with Crippen LogP contribution in [0, 0.1) is 6.92 Å². The molecule has 2 heterocycles. The number of esters is 1. The van der Waals surface area contributed by atoms with Crippen molar-refractivity contribution in [2.24, 2.45) is 0 Å². The van der Waals surface area contributed by atoms with Crippen molar-refractivity contribution in [3.8, 4) is 34.0 Å². The number of aromatic nitrogens is 2. The topological polar surface area (TPSA) is 75.7 Å². The average Bonchev–Trinajstić information content (AvgIpc) is 3.43. The second-order valence-corrected chi connectivity index (χ2v) is 7.20. The average molecular weight is 432 g/mol. The van der Waals surface area contributed by atoms with Gasteiger partial charge in [-0.25, -0.2) is 4.79 Å². The maximum atomic E-state index is 11.8. The Kier molecular flexibility index (Phi) is 5.98. The molecule has 164 valence electrons. The molecular formula is C25H24N2O5. The molecular weight excluding hydrogens is 408 g/mol. The molecule has 0 amide bonds. The van der Waals surface area contributed by atoms with Crippen LogP contribution in [0.5, 0.6) is 11.5 Å². The van der Waals surface area contributed by atoms with Crippen molar-refractivity contribution < 1.29 is 23.4 Å². The van der Waals surface area contributed by atoms with E-state index in [0.717, 1.165) is 39.6 Å². The van der Waals surface area contributed by atoms with Crippen LogP contribution in [-0.2, 0) is 11.3 Å². The third-order valence-corrected chi connectivity index (χ3v) is 5.23. The highest BCUT2D eigenvalue weighted by Crippen LogP contribution is 2.34. The zero-order valence-corrected chi connectivity index (χ0v) is 18.4. The number of hydrogen-bond donors (Lipinski definition) is 0. The van der Waals surface area contributed by atoms with Crippen molar-refractivity contribution in [2.45, 2.75) is 13.5 Å². The van der Waals surface area contributed by atoms with E-state index in [0.29, 0.717) is 12.3 Å². The van der Waals surface area contributed by atoms with E-state index in [1.54, 1.807) is 26.4 Å². The van der Waals surface area contributed by atoms with E-state index in [1.165, 1.54) is 7.11 Å². The zero-order chi connectivity index (χ0) is 22.7. The lowest BCUT2D eigenvalue weighted by molar-refractivity contribution is 0.0563. The first-order valence-corrected chi connectivity index (χ1v) is 10.1. The lowest BCUT2D eigenvalue weighted by Crippen LogP contribution is -2.04. The first kappa shape index (κ1) is 21.2. The molecule has 0 atom stereocenters. The summed E-state index contributed by atoms with van der Waals surface area (Å²) in [4.78, 5) is 11.8. The van der Waals surface area contributed by atoms with E-state index in [1.807, 2.05) is 60.1 Å². The fraction of sp³-hybridized carbons (Fsp3) is 0.200. The minimum Gasteiger partial charge on any atom is -0.497 e. The zero-order valence-electron chi connectivity index (χ0n) is 18.4. The summed E-state index contributed by atoms with van der Waals surface area (Å²) in [6.45, 7) is 2.38. The second-order valence-electron chi connectivity index (χ2n) is 7.20. The first-order chi connectivity index (χ1) is 15.5. The van der Waals surface area contributed by atoms with Gasteiger partial charge >= 0.3 is 5.97 Å². The van der Waals surface area contributed by atoms with Crippen LogP contribution in [0.2, 0.25) is 0 Å². The van der Waals surface area contributed by atoms with Crippen molar-refractivity contribution in [3.63, 3.8) is 0 Å². The van der Waals surface area contributed by atoms with Crippen molar-refractivity contribution in [1.29, 1.82) is 0 Å². The molecule has 0 fully saturated rings. The molecule has 0 N–H and O–H groups in total. The fourth-order valence-electron chi connectivity index (χ4n) is 3.67. The molecule has 0 unspecified atom stereocenters. The predicted octanol–water partition coefficient (Wildman–Crippen LogP) is 4.97. The van der Waals surface area contributed by atoms with Crippen LogP contribution in [0.3, 0.4) is 0 Å². The van der Waals surface area contributed by atoms with Gasteiger partial charge in [-0.05, 0) is 43.3 Å². The molecule has 0 spiro atoms. The third kappa shape index (κ3) is 4.09. The van der Waals surface area contributed by atoms with Crippen LogP contribution in [0.1, 0.15) is 21.9 Å². The van der Waals surface area contributed by atoms with Crippen LogP contribution in [0.4, 0.5) is 0 Å². The smallest absolute Gasteiger partial charge is 0.373 e. The molecule has 2 aromatic heterocycles. The van der Waals surface area contributed by atoms with Crippen LogP contribution < -0.4 is 9.47 Å². The van der Waals surface area contributed by atoms with Crippen LogP contribution in [0.15, 0.2) is 65.1 Å². The summed E-state index contributed by atoms with van der Waals surface area (Å²) in [5.41, 5.74) is 4.67. The van der Waals surface area contributed by atoms with Crippen molar-refractivity contribution >= 4 is 5.97 Å². The summed E-state index contributed by atoms with van der Waals surface area (Å²) < 4.78 is 23.1. The molecule has 32 heavy (non-hydrogen) atoms. The number of nitrogens with zero attached hydrogens (tertiary/aromatic N) is 2. The Bertz CT molecular complexity index is 1250. The summed E-state index contributed by atoms with van der Waals surface area (Å²) in [6, 6.07) is 19.0. The quantitative estimate of drug-likeness (QED) is 0.384. The Hall–Kier alpha value is -4.00. The van der Waals surface area contributed by atoms with Gasteiger partial charge in [-0.2, -0.15) is 5.10 Å². The summed E-state index contributed by atoms with van der Waals surface area (Å²) >= 11 is 0. The summed E-state index contributed by atoms with van der Waals surface area (Å²) in [7, 11) is 4.60. The number of ether oxygens (including phenoxy) is 3. The van der Waals surface area contributed by atoms with Crippen LogP contribution in [0.25, 0.3) is 22.5 Å². The van der Waals surface area contributed by atoms with E-state index in [-0.39, 0.29) is 5.76 Å². The van der Waals surface area contributed by atoms with E-state index < -0.39 is 5.97 Å². The molecule has 7 heteroatoms. The van der Waals surface area contributed by atoms with Crippen molar-refractivity contribution in [3.05, 3.63) is 77.7 Å². The number of methoxy groups -OCH3 is 3. The SMILES string of the molecule is COC(=O)c1ccc(Cn2nc(-c3cccc(OC)c3)c(C)c2-c2cccc(OC)c2)o1. The molecule has 0 saturated carbocycles. The standard InChI is InChI=1S/C25H24N2O5/c1-16-23(17-7-5-9-19(13-17)29-2)26-27(15-21-11-12-22(32-21)25(28)31-4)24(16)18-8-6-10-20(14-18)30-3/h5-14H,15H2,1-4H3. The minimum atomic E-state index is -0.516. The van der Waals surface area contributed by atoms with Gasteiger partial charge in [-0.1, -0.05) is 24.3 Å². The van der Waals surface area contributed by atoms with Crippen LogP contribution in [-0.4, -0.2) is 37.1 Å². The van der Waals surface area contributed by atoms with Gasteiger partial charge in [0.2, 0.25) is 5.76 Å². The highest BCUT2D eigenvalue weighted by atomic mass is 16.5. The minimum absolute atomic E-state index is 0.155. The molecule has 0 saturated heterocycles. The Balaban J connectivity index is 1.83. The summed E-state index contributed by atoms with van der Waals surface area (Å²) in [6.07, 6.45) is 0. The predicted molar refractivity (Wildman–Crippen MR) is 120 cm³/mol. The number of carbonyl (C=O) groups excluding carboxylic acids is 1. The van der Waals surface area contributed by atoms with Gasteiger partial charge in [-0.15, -0.1) is 0 Å². The molecule has 0 bridgehead atoms. The molecule has 0 aliphatic rings. The number of benzene rings is 2. The molecule has 0 aliphatic heterocycles. The number of furan rings is 1. The lowest BCUT2D eigenvalue weighted by atomic mass is 10.0. The molecule has 4 aromatic rings. The normalized spacial score (nSPS) is 10.8. The molecule has 2 aromatic carbocycles. The summed E-state index contributed by atoms with van der Waals surface area (Å²) in [5, 5.41) is 4.90. The molecule has 4 rings (SSSR count). The van der Waals surface area contributed by atoms with Gasteiger partial charge in [0.05, 0.1) is 39.3 Å². The third-order valence-electron chi connectivity index (χ3n) is 5.23. The monoisotopic (exact) mass is 432 g/mol. The van der Waals surface area contributed by atoms with Gasteiger partial charge in [0.25, 0.3) is 0 Å². The van der Waals surface area contributed by atoms with Gasteiger partial charge in [0.1, 0.15) is 17.3 Å². The lowest BCUT2D eigenvalue weighted by Gasteiger charge is -2.09. The first-order valence-electron chi connectivity index (χ1n) is 10.1. The Morgan fingerprint density at radius 2 is 1.59 bits per heavy atom. The Labute approximate surface area is 186 Å². The van der Waals surface area contributed by atoms with Crippen molar-refractivity contribution in [1.82, 2.24) is 9.78 Å². The fourth-order valence-corrected chi connectivity index (χ4v) is 3.67.